The fourth-order valence-corrected chi connectivity index (χ4v) is 1.58. The summed E-state index contributed by atoms with van der Waals surface area (Å²) in [5.74, 6) is -0.216. The van der Waals surface area contributed by atoms with Gasteiger partial charge in [-0.1, -0.05) is 0 Å². The Morgan fingerprint density at radius 3 is 2.25 bits per heavy atom. The van der Waals surface area contributed by atoms with Crippen molar-refractivity contribution in [3.8, 4) is 0 Å². The van der Waals surface area contributed by atoms with Crippen LogP contribution >= 0.6 is 0 Å². The number of carbonyl (C=O) groups excluding carboxylic acids is 1. The maximum Gasteiger partial charge on any atom is 0.257 e. The lowest BCUT2D eigenvalue weighted by Gasteiger charge is -2.20. The van der Waals surface area contributed by atoms with Gasteiger partial charge in [0, 0.05) is 18.8 Å². The molecule has 0 aliphatic heterocycles. The van der Waals surface area contributed by atoms with Gasteiger partial charge in [-0.3, -0.25) is 9.89 Å². The van der Waals surface area contributed by atoms with Crippen LogP contribution in [0.4, 0.5) is 0 Å². The summed E-state index contributed by atoms with van der Waals surface area (Å²) >= 11 is 0. The highest BCUT2D eigenvalue weighted by molar-refractivity contribution is 5.96. The van der Waals surface area contributed by atoms with Gasteiger partial charge in [0.25, 0.3) is 5.91 Å². The van der Waals surface area contributed by atoms with E-state index in [1.165, 1.54) is 4.90 Å². The van der Waals surface area contributed by atoms with Gasteiger partial charge in [-0.25, -0.2) is 0 Å². The average molecular weight is 227 g/mol. The lowest BCUT2D eigenvalue weighted by Crippen LogP contribution is -2.36. The van der Waals surface area contributed by atoms with Gasteiger partial charge < -0.3 is 15.1 Å². The highest BCUT2D eigenvalue weighted by Gasteiger charge is 2.20. The first-order valence-corrected chi connectivity index (χ1v) is 5.14. The minimum Gasteiger partial charge on any atom is -0.395 e. The van der Waals surface area contributed by atoms with E-state index >= 15 is 0 Å². The van der Waals surface area contributed by atoms with Crippen LogP contribution in [-0.4, -0.2) is 57.5 Å². The molecule has 0 bridgehead atoms. The number of hydrogen-bond donors (Lipinski definition) is 3. The van der Waals surface area contributed by atoms with Crippen molar-refractivity contribution in [1.82, 2.24) is 15.1 Å². The number of rotatable bonds is 5. The first-order valence-electron chi connectivity index (χ1n) is 5.14. The van der Waals surface area contributed by atoms with Crippen molar-refractivity contribution in [3.05, 3.63) is 17.0 Å². The molecule has 1 aromatic rings. The summed E-state index contributed by atoms with van der Waals surface area (Å²) in [5, 5.41) is 24.4. The summed E-state index contributed by atoms with van der Waals surface area (Å²) in [6, 6.07) is 0. The molecule has 0 saturated carbocycles. The lowest BCUT2D eigenvalue weighted by atomic mass is 10.1. The van der Waals surface area contributed by atoms with E-state index in [9.17, 15) is 4.79 Å². The summed E-state index contributed by atoms with van der Waals surface area (Å²) in [4.78, 5) is 13.5. The molecular weight excluding hydrogens is 210 g/mol. The van der Waals surface area contributed by atoms with Crippen molar-refractivity contribution in [2.24, 2.45) is 0 Å². The number of H-pyrrole nitrogens is 1. The Kier molecular flexibility index (Phi) is 4.45. The van der Waals surface area contributed by atoms with E-state index in [4.69, 9.17) is 10.2 Å². The predicted octanol–water partition coefficient (Wildman–Crippen LogP) is -0.547. The van der Waals surface area contributed by atoms with Crippen LogP contribution < -0.4 is 0 Å². The van der Waals surface area contributed by atoms with Crippen LogP contribution in [0.2, 0.25) is 0 Å². The molecule has 0 unspecified atom stereocenters. The SMILES string of the molecule is Cc1n[nH]c(C)c1C(=O)N(CCO)CCO. The summed E-state index contributed by atoms with van der Waals surface area (Å²) in [5.41, 5.74) is 1.84. The molecule has 16 heavy (non-hydrogen) atoms. The van der Waals surface area contributed by atoms with E-state index < -0.39 is 0 Å². The van der Waals surface area contributed by atoms with Crippen LogP contribution in [0.5, 0.6) is 0 Å². The van der Waals surface area contributed by atoms with E-state index in [0.717, 1.165) is 0 Å². The Bertz CT molecular complexity index is 337. The van der Waals surface area contributed by atoms with Gasteiger partial charge in [-0.2, -0.15) is 5.10 Å². The standard InChI is InChI=1S/C10H17N3O3/c1-7-9(8(2)12-11-7)10(16)13(3-5-14)4-6-15/h14-15H,3-6H2,1-2H3,(H,11,12). The Morgan fingerprint density at radius 2 is 1.88 bits per heavy atom. The average Bonchev–Trinajstić information content (AvgIpc) is 2.57. The first-order chi connectivity index (χ1) is 7.61. The number of aryl methyl sites for hydroxylation is 2. The van der Waals surface area contributed by atoms with E-state index in [0.29, 0.717) is 17.0 Å². The molecule has 0 spiro atoms. The van der Waals surface area contributed by atoms with Crippen molar-refractivity contribution in [2.45, 2.75) is 13.8 Å². The van der Waals surface area contributed by atoms with Crippen molar-refractivity contribution >= 4 is 5.91 Å². The van der Waals surface area contributed by atoms with Crippen LogP contribution in [0, 0.1) is 13.8 Å². The molecule has 0 saturated heterocycles. The Labute approximate surface area is 93.9 Å². The van der Waals surface area contributed by atoms with E-state index in [-0.39, 0.29) is 32.2 Å². The molecule has 0 radical (unpaired) electrons. The third-order valence-electron chi connectivity index (χ3n) is 2.37. The quantitative estimate of drug-likeness (QED) is 0.630. The molecule has 1 aromatic heterocycles. The summed E-state index contributed by atoms with van der Waals surface area (Å²) in [7, 11) is 0. The highest BCUT2D eigenvalue weighted by atomic mass is 16.3. The Hall–Kier alpha value is -1.40. The van der Waals surface area contributed by atoms with Gasteiger partial charge in [0.05, 0.1) is 24.5 Å². The van der Waals surface area contributed by atoms with Gasteiger partial charge in [0.2, 0.25) is 0 Å². The topological polar surface area (TPSA) is 89.5 Å². The predicted molar refractivity (Wildman–Crippen MR) is 58.1 cm³/mol. The monoisotopic (exact) mass is 227 g/mol. The van der Waals surface area contributed by atoms with Crippen molar-refractivity contribution in [3.63, 3.8) is 0 Å². The fraction of sp³-hybridized carbons (Fsp3) is 0.600. The maximum absolute atomic E-state index is 12.1. The minimum atomic E-state index is -0.216. The number of aliphatic hydroxyl groups is 2. The number of nitrogens with one attached hydrogen (secondary N) is 1. The molecule has 0 aliphatic rings. The maximum atomic E-state index is 12.1. The minimum absolute atomic E-state index is 0.123. The molecule has 3 N–H and O–H groups in total. The largest absolute Gasteiger partial charge is 0.395 e. The number of hydrogen-bond acceptors (Lipinski definition) is 4. The second-order valence-electron chi connectivity index (χ2n) is 3.55. The molecule has 1 amide bonds. The summed E-state index contributed by atoms with van der Waals surface area (Å²) in [6.07, 6.45) is 0. The Balaban J connectivity index is 2.89. The molecule has 0 atom stereocenters. The van der Waals surface area contributed by atoms with Gasteiger partial charge in [0.15, 0.2) is 0 Å². The van der Waals surface area contributed by atoms with Crippen LogP contribution in [0.1, 0.15) is 21.7 Å². The second-order valence-corrected chi connectivity index (χ2v) is 3.55. The van der Waals surface area contributed by atoms with Crippen molar-refractivity contribution in [1.29, 1.82) is 0 Å². The smallest absolute Gasteiger partial charge is 0.257 e. The van der Waals surface area contributed by atoms with Gasteiger partial charge in [0.1, 0.15) is 0 Å². The molecule has 90 valence electrons. The highest BCUT2D eigenvalue weighted by Crippen LogP contribution is 2.12. The molecule has 0 aliphatic carbocycles. The third-order valence-corrected chi connectivity index (χ3v) is 2.37. The van der Waals surface area contributed by atoms with Crippen LogP contribution in [0.3, 0.4) is 0 Å². The first kappa shape index (κ1) is 12.7. The van der Waals surface area contributed by atoms with Crippen molar-refractivity contribution < 1.29 is 15.0 Å². The zero-order chi connectivity index (χ0) is 12.1. The number of aliphatic hydroxyl groups excluding tert-OH is 2. The third kappa shape index (κ3) is 2.59. The lowest BCUT2D eigenvalue weighted by molar-refractivity contribution is 0.0683. The second kappa shape index (κ2) is 5.62. The normalized spacial score (nSPS) is 10.5. The molecule has 6 nitrogen and oxygen atoms in total. The van der Waals surface area contributed by atoms with Crippen LogP contribution in [0.15, 0.2) is 0 Å². The molecule has 0 fully saturated rings. The fourth-order valence-electron chi connectivity index (χ4n) is 1.58. The number of aromatic amines is 1. The Morgan fingerprint density at radius 1 is 1.31 bits per heavy atom. The molecule has 1 rings (SSSR count). The molecule has 0 aromatic carbocycles. The molecule has 1 heterocycles. The summed E-state index contributed by atoms with van der Waals surface area (Å²) in [6.45, 7) is 3.69. The zero-order valence-electron chi connectivity index (χ0n) is 9.53. The zero-order valence-corrected chi connectivity index (χ0v) is 9.53. The van der Waals surface area contributed by atoms with Gasteiger partial charge >= 0.3 is 0 Å². The number of carbonyl (C=O) groups is 1. The van der Waals surface area contributed by atoms with E-state index in [1.54, 1.807) is 13.8 Å². The summed E-state index contributed by atoms with van der Waals surface area (Å²) < 4.78 is 0. The van der Waals surface area contributed by atoms with Crippen molar-refractivity contribution in [2.75, 3.05) is 26.3 Å². The van der Waals surface area contributed by atoms with Gasteiger partial charge in [-0.15, -0.1) is 0 Å². The number of amides is 1. The number of aromatic nitrogens is 2. The van der Waals surface area contributed by atoms with Crippen LogP contribution in [0.25, 0.3) is 0 Å². The van der Waals surface area contributed by atoms with E-state index in [1.807, 2.05) is 0 Å². The molecule has 6 heteroatoms. The van der Waals surface area contributed by atoms with Gasteiger partial charge in [-0.05, 0) is 13.8 Å². The van der Waals surface area contributed by atoms with Crippen LogP contribution in [-0.2, 0) is 0 Å². The van der Waals surface area contributed by atoms with E-state index in [2.05, 4.69) is 10.2 Å². The molecular formula is C10H17N3O3. The number of nitrogens with zero attached hydrogens (tertiary/aromatic N) is 2.